The fourth-order valence-electron chi connectivity index (χ4n) is 3.24. The van der Waals surface area contributed by atoms with E-state index in [0.717, 1.165) is 16.6 Å². The number of carbonyl (C=O) groups is 2. The Balaban J connectivity index is 1.37. The Morgan fingerprint density at radius 3 is 2.71 bits per heavy atom. The average Bonchev–Trinajstić information content (AvgIpc) is 3.36. The van der Waals surface area contributed by atoms with Crippen molar-refractivity contribution >= 4 is 34.0 Å². The van der Waals surface area contributed by atoms with Crippen molar-refractivity contribution in [2.75, 3.05) is 23.7 Å². The number of aromatic nitrogens is 1. The smallest absolute Gasteiger partial charge is 0.418 e. The monoisotopic (exact) mass is 450 g/mol. The van der Waals surface area contributed by atoms with Gasteiger partial charge in [0.1, 0.15) is 0 Å². The number of hydrogen-bond acceptors (Lipinski definition) is 6. The second-order valence-electron chi connectivity index (χ2n) is 6.87. The molecule has 0 bridgehead atoms. The molecular weight excluding hydrogens is 433 g/mol. The van der Waals surface area contributed by atoms with Crippen LogP contribution in [0.3, 0.4) is 0 Å². The van der Waals surface area contributed by atoms with E-state index in [4.69, 9.17) is 4.42 Å². The van der Waals surface area contributed by atoms with Crippen LogP contribution in [-0.4, -0.2) is 34.8 Å². The molecule has 1 aliphatic heterocycles. The number of fused-ring (bicyclic) bond motifs is 1. The molecule has 0 aliphatic carbocycles. The van der Waals surface area contributed by atoms with Gasteiger partial charge in [-0.15, -0.1) is 11.3 Å². The number of hydrogen-bond donors (Lipinski definition) is 2. The number of para-hydroxylation sites is 1. The third kappa shape index (κ3) is 4.94. The number of benzene rings is 1. The second-order valence-corrected chi connectivity index (χ2v) is 7.96. The number of nitrogens with zero attached hydrogens (tertiary/aromatic N) is 2. The molecule has 4 rings (SSSR count). The molecule has 0 radical (unpaired) electrons. The molecule has 2 aromatic heterocycles. The van der Waals surface area contributed by atoms with Gasteiger partial charge in [0.25, 0.3) is 5.91 Å². The number of rotatable bonds is 5. The van der Waals surface area contributed by atoms with E-state index in [2.05, 4.69) is 15.6 Å². The quantitative estimate of drug-likeness (QED) is 0.614. The Morgan fingerprint density at radius 2 is 1.97 bits per heavy atom. The van der Waals surface area contributed by atoms with Crippen molar-refractivity contribution in [3.63, 3.8) is 0 Å². The average molecular weight is 450 g/mol. The minimum absolute atomic E-state index is 0.0579. The standard InChI is InChI=1S/C20H17F3N4O3S/c21-20(22,23)12-4-1-2-5-13(12)24-17(28)11-27-8-7-14-16(10-27)31-19(25-14)26-18(29)15-6-3-9-30-15/h1-6,9H,7-8,10-11H2,(H,24,28)(H,25,26,29). The Labute approximate surface area is 178 Å². The van der Waals surface area contributed by atoms with Crippen molar-refractivity contribution in [2.45, 2.75) is 19.1 Å². The van der Waals surface area contributed by atoms with Gasteiger partial charge in [-0.3, -0.25) is 19.8 Å². The van der Waals surface area contributed by atoms with Crippen molar-refractivity contribution in [3.8, 4) is 0 Å². The molecule has 0 saturated carbocycles. The summed E-state index contributed by atoms with van der Waals surface area (Å²) in [7, 11) is 0. The SMILES string of the molecule is O=C(CN1CCc2nc(NC(=O)c3ccco3)sc2C1)Nc1ccccc1C(F)(F)F. The van der Waals surface area contributed by atoms with E-state index in [1.165, 1.54) is 35.8 Å². The Kier molecular flexibility index (Phi) is 5.79. The van der Waals surface area contributed by atoms with E-state index in [9.17, 15) is 22.8 Å². The molecule has 31 heavy (non-hydrogen) atoms. The highest BCUT2D eigenvalue weighted by atomic mass is 32.1. The molecule has 0 saturated heterocycles. The first kappa shape index (κ1) is 21.1. The topological polar surface area (TPSA) is 87.5 Å². The summed E-state index contributed by atoms with van der Waals surface area (Å²) in [6, 6.07) is 8.02. The Morgan fingerprint density at radius 1 is 1.16 bits per heavy atom. The molecule has 162 valence electrons. The first-order chi connectivity index (χ1) is 14.8. The van der Waals surface area contributed by atoms with Crippen LogP contribution in [0, 0.1) is 0 Å². The zero-order valence-electron chi connectivity index (χ0n) is 16.0. The summed E-state index contributed by atoms with van der Waals surface area (Å²) in [5.41, 5.74) is -0.319. The van der Waals surface area contributed by atoms with Crippen LogP contribution in [0.15, 0.2) is 47.1 Å². The van der Waals surface area contributed by atoms with Crippen LogP contribution < -0.4 is 10.6 Å². The van der Waals surface area contributed by atoms with E-state index >= 15 is 0 Å². The summed E-state index contributed by atoms with van der Waals surface area (Å²) < 4.78 is 44.4. The van der Waals surface area contributed by atoms with E-state index in [1.807, 2.05) is 4.90 Å². The lowest BCUT2D eigenvalue weighted by Gasteiger charge is -2.25. The molecule has 3 aromatic rings. The van der Waals surface area contributed by atoms with Gasteiger partial charge >= 0.3 is 6.18 Å². The fourth-order valence-corrected chi connectivity index (χ4v) is 4.28. The highest BCUT2D eigenvalue weighted by Gasteiger charge is 2.33. The van der Waals surface area contributed by atoms with Crippen molar-refractivity contribution in [3.05, 3.63) is 64.6 Å². The van der Waals surface area contributed by atoms with E-state index in [0.29, 0.717) is 24.6 Å². The van der Waals surface area contributed by atoms with Gasteiger partial charge in [-0.2, -0.15) is 13.2 Å². The molecule has 0 atom stereocenters. The van der Waals surface area contributed by atoms with Gasteiger partial charge in [-0.1, -0.05) is 12.1 Å². The van der Waals surface area contributed by atoms with Gasteiger partial charge in [0.05, 0.1) is 29.8 Å². The predicted octanol–water partition coefficient (Wildman–Crippen LogP) is 4.00. The van der Waals surface area contributed by atoms with Crippen LogP contribution >= 0.6 is 11.3 Å². The molecule has 0 spiro atoms. The molecule has 11 heteroatoms. The Bertz CT molecular complexity index is 1100. The van der Waals surface area contributed by atoms with Gasteiger partial charge in [0.2, 0.25) is 5.91 Å². The third-order valence-electron chi connectivity index (χ3n) is 4.65. The van der Waals surface area contributed by atoms with Crippen LogP contribution in [0.25, 0.3) is 0 Å². The maximum Gasteiger partial charge on any atom is 0.418 e. The number of halogens is 3. The van der Waals surface area contributed by atoms with E-state index < -0.39 is 23.6 Å². The zero-order chi connectivity index (χ0) is 22.0. The fraction of sp³-hybridized carbons (Fsp3) is 0.250. The summed E-state index contributed by atoms with van der Waals surface area (Å²) in [4.78, 5) is 31.6. The Hall–Kier alpha value is -3.18. The highest BCUT2D eigenvalue weighted by molar-refractivity contribution is 7.15. The van der Waals surface area contributed by atoms with Gasteiger partial charge in [-0.25, -0.2) is 4.98 Å². The molecular formula is C20H17F3N4O3S. The second kappa shape index (κ2) is 8.52. The third-order valence-corrected chi connectivity index (χ3v) is 5.65. The minimum Gasteiger partial charge on any atom is -0.459 e. The molecule has 1 aliphatic rings. The van der Waals surface area contributed by atoms with E-state index in [1.54, 1.807) is 12.1 Å². The minimum atomic E-state index is -4.55. The summed E-state index contributed by atoms with van der Waals surface area (Å²) in [6.07, 6.45) is -2.59. The van der Waals surface area contributed by atoms with Crippen LogP contribution in [0.1, 0.15) is 26.7 Å². The lowest BCUT2D eigenvalue weighted by molar-refractivity contribution is -0.137. The maximum atomic E-state index is 13.1. The molecule has 0 fully saturated rings. The molecule has 0 unspecified atom stereocenters. The summed E-state index contributed by atoms with van der Waals surface area (Å²) in [5.74, 6) is -0.766. The van der Waals surface area contributed by atoms with Gasteiger partial charge in [0, 0.05) is 24.4 Å². The van der Waals surface area contributed by atoms with Crippen molar-refractivity contribution in [2.24, 2.45) is 0 Å². The molecule has 2 amide bonds. The summed E-state index contributed by atoms with van der Waals surface area (Å²) in [5, 5.41) is 5.46. The van der Waals surface area contributed by atoms with Crippen LogP contribution in [-0.2, 0) is 23.9 Å². The summed E-state index contributed by atoms with van der Waals surface area (Å²) in [6.45, 7) is 0.881. The van der Waals surface area contributed by atoms with Gasteiger partial charge in [-0.05, 0) is 24.3 Å². The van der Waals surface area contributed by atoms with Crippen LogP contribution in [0.2, 0.25) is 0 Å². The number of anilines is 2. The number of alkyl halides is 3. The normalized spacial score (nSPS) is 14.2. The zero-order valence-corrected chi connectivity index (χ0v) is 16.8. The largest absolute Gasteiger partial charge is 0.459 e. The number of furan rings is 1. The molecule has 7 nitrogen and oxygen atoms in total. The maximum absolute atomic E-state index is 13.1. The van der Waals surface area contributed by atoms with Gasteiger partial charge < -0.3 is 9.73 Å². The highest BCUT2D eigenvalue weighted by Crippen LogP contribution is 2.34. The van der Waals surface area contributed by atoms with Crippen molar-refractivity contribution in [1.82, 2.24) is 9.88 Å². The van der Waals surface area contributed by atoms with Gasteiger partial charge in [0.15, 0.2) is 10.9 Å². The van der Waals surface area contributed by atoms with Crippen LogP contribution in [0.5, 0.6) is 0 Å². The lowest BCUT2D eigenvalue weighted by atomic mass is 10.1. The van der Waals surface area contributed by atoms with E-state index in [-0.39, 0.29) is 18.0 Å². The first-order valence-electron chi connectivity index (χ1n) is 9.31. The van der Waals surface area contributed by atoms with Crippen molar-refractivity contribution in [1.29, 1.82) is 0 Å². The molecule has 3 heterocycles. The number of thiazole rings is 1. The first-order valence-corrected chi connectivity index (χ1v) is 10.1. The summed E-state index contributed by atoms with van der Waals surface area (Å²) >= 11 is 1.29. The molecule has 1 aromatic carbocycles. The lowest BCUT2D eigenvalue weighted by Crippen LogP contribution is -2.37. The number of carbonyl (C=O) groups excluding carboxylic acids is 2. The van der Waals surface area contributed by atoms with Crippen molar-refractivity contribution < 1.29 is 27.2 Å². The number of nitrogens with one attached hydrogen (secondary N) is 2. The molecule has 2 N–H and O–H groups in total. The van der Waals surface area contributed by atoms with Crippen LogP contribution in [0.4, 0.5) is 24.0 Å². The number of amides is 2. The predicted molar refractivity (Wildman–Crippen MR) is 108 cm³/mol.